The van der Waals surface area contributed by atoms with Crippen LogP contribution in [0.3, 0.4) is 0 Å². The number of rotatable bonds is 9. The molecule has 0 aliphatic heterocycles. The summed E-state index contributed by atoms with van der Waals surface area (Å²) in [6.07, 6.45) is -0.644. The van der Waals surface area contributed by atoms with E-state index in [1.54, 1.807) is 45.0 Å². The van der Waals surface area contributed by atoms with Gasteiger partial charge in [-0.25, -0.2) is 9.59 Å². The summed E-state index contributed by atoms with van der Waals surface area (Å²) in [5, 5.41) is 9.60. The summed E-state index contributed by atoms with van der Waals surface area (Å²) in [5.41, 5.74) is -0.0150. The normalized spacial score (nSPS) is 12.3. The minimum atomic E-state index is -1.15. The van der Waals surface area contributed by atoms with Crippen LogP contribution in [0.1, 0.15) is 26.3 Å². The zero-order valence-corrected chi connectivity index (χ0v) is 15.9. The topological polar surface area (TPSA) is 94.5 Å². The second kappa shape index (κ2) is 9.98. The first-order valence-electron chi connectivity index (χ1n) is 8.10. The number of ether oxygens (including phenoxy) is 4. The Morgan fingerprint density at radius 1 is 1.12 bits per heavy atom. The molecule has 8 nitrogen and oxygen atoms in total. The fraction of sp³-hybridized carbons (Fsp3) is 0.556. The van der Waals surface area contributed by atoms with Gasteiger partial charge < -0.3 is 24.1 Å². The molecule has 0 aliphatic rings. The standard InChI is InChI=1S/C18H27NO7/c1-18(2,3)26-17(22)19(11-23-4)15(16(20)21)10-13-6-8-14(9-7-13)25-12-24-5/h6-9,15H,10-12H2,1-5H3,(H,20,21)/t15-/m0/s1. The number of carbonyl (C=O) groups excluding carboxylic acids is 1. The van der Waals surface area contributed by atoms with Gasteiger partial charge in [-0.2, -0.15) is 0 Å². The molecule has 1 aromatic carbocycles. The van der Waals surface area contributed by atoms with E-state index >= 15 is 0 Å². The van der Waals surface area contributed by atoms with Gasteiger partial charge in [0.15, 0.2) is 6.79 Å². The third-order valence-corrected chi connectivity index (χ3v) is 3.25. The van der Waals surface area contributed by atoms with Gasteiger partial charge in [0.2, 0.25) is 0 Å². The SMILES string of the molecule is COCOc1ccc(C[C@@H](C(=O)O)N(COC)C(=O)OC(C)(C)C)cc1. The minimum Gasteiger partial charge on any atom is -0.480 e. The summed E-state index contributed by atoms with van der Waals surface area (Å²) < 4.78 is 20.4. The molecule has 0 aliphatic carbocycles. The number of carboxylic acid groups (broad SMARTS) is 1. The number of nitrogens with zero attached hydrogens (tertiary/aromatic N) is 1. The fourth-order valence-electron chi connectivity index (χ4n) is 2.13. The smallest absolute Gasteiger partial charge is 0.412 e. The van der Waals surface area contributed by atoms with Crippen LogP contribution in [-0.4, -0.2) is 61.5 Å². The van der Waals surface area contributed by atoms with Gasteiger partial charge in [0, 0.05) is 20.6 Å². The number of carboxylic acids is 1. The van der Waals surface area contributed by atoms with Crippen molar-refractivity contribution in [1.82, 2.24) is 4.90 Å². The van der Waals surface area contributed by atoms with E-state index < -0.39 is 23.7 Å². The molecule has 0 spiro atoms. The summed E-state index contributed by atoms with van der Waals surface area (Å²) in [4.78, 5) is 25.2. The van der Waals surface area contributed by atoms with Crippen LogP contribution >= 0.6 is 0 Å². The summed E-state index contributed by atoms with van der Waals surface area (Å²) in [7, 11) is 2.91. The maximum absolute atomic E-state index is 12.4. The number of aliphatic carboxylic acids is 1. The lowest BCUT2D eigenvalue weighted by molar-refractivity contribution is -0.145. The van der Waals surface area contributed by atoms with E-state index in [1.165, 1.54) is 14.2 Å². The average Bonchev–Trinajstić information content (AvgIpc) is 2.55. The summed E-state index contributed by atoms with van der Waals surface area (Å²) >= 11 is 0. The number of methoxy groups -OCH3 is 2. The van der Waals surface area contributed by atoms with E-state index in [0.717, 1.165) is 10.5 Å². The molecule has 0 unspecified atom stereocenters. The van der Waals surface area contributed by atoms with Crippen molar-refractivity contribution in [2.24, 2.45) is 0 Å². The molecule has 26 heavy (non-hydrogen) atoms. The van der Waals surface area contributed by atoms with Crippen molar-refractivity contribution in [3.63, 3.8) is 0 Å². The third kappa shape index (κ3) is 7.28. The van der Waals surface area contributed by atoms with E-state index in [4.69, 9.17) is 18.9 Å². The zero-order chi connectivity index (χ0) is 19.7. The van der Waals surface area contributed by atoms with Crippen LogP contribution in [0.15, 0.2) is 24.3 Å². The van der Waals surface area contributed by atoms with Gasteiger partial charge in [-0.1, -0.05) is 12.1 Å². The monoisotopic (exact) mass is 369 g/mol. The molecule has 1 N–H and O–H groups in total. The predicted molar refractivity (Wildman–Crippen MR) is 94.0 cm³/mol. The van der Waals surface area contributed by atoms with Crippen molar-refractivity contribution in [3.8, 4) is 5.75 Å². The van der Waals surface area contributed by atoms with E-state index in [2.05, 4.69) is 0 Å². The Kier molecular flexibility index (Phi) is 8.34. The van der Waals surface area contributed by atoms with Crippen LogP contribution in [0.25, 0.3) is 0 Å². The van der Waals surface area contributed by atoms with Crippen molar-refractivity contribution >= 4 is 12.1 Å². The maximum atomic E-state index is 12.4. The average molecular weight is 369 g/mol. The molecular formula is C18H27NO7. The quantitative estimate of drug-likeness (QED) is 0.668. The third-order valence-electron chi connectivity index (χ3n) is 3.25. The van der Waals surface area contributed by atoms with Crippen molar-refractivity contribution in [2.75, 3.05) is 27.7 Å². The summed E-state index contributed by atoms with van der Waals surface area (Å²) in [6.45, 7) is 5.07. The van der Waals surface area contributed by atoms with Crippen LogP contribution in [0.5, 0.6) is 5.75 Å². The lowest BCUT2D eigenvalue weighted by Gasteiger charge is -2.31. The van der Waals surface area contributed by atoms with Gasteiger partial charge in [-0.15, -0.1) is 0 Å². The molecule has 146 valence electrons. The zero-order valence-electron chi connectivity index (χ0n) is 15.9. The lowest BCUT2D eigenvalue weighted by atomic mass is 10.0. The first-order chi connectivity index (χ1) is 12.2. The molecule has 1 atom stereocenters. The van der Waals surface area contributed by atoms with E-state index in [9.17, 15) is 14.7 Å². The Bertz CT molecular complexity index is 580. The van der Waals surface area contributed by atoms with Gasteiger partial charge in [-0.05, 0) is 38.5 Å². The second-order valence-corrected chi connectivity index (χ2v) is 6.62. The Balaban J connectivity index is 2.93. The van der Waals surface area contributed by atoms with E-state index in [0.29, 0.717) is 5.75 Å². The Hall–Kier alpha value is -2.32. The highest BCUT2D eigenvalue weighted by Crippen LogP contribution is 2.18. The number of hydrogen-bond acceptors (Lipinski definition) is 6. The highest BCUT2D eigenvalue weighted by atomic mass is 16.7. The molecule has 8 heteroatoms. The Morgan fingerprint density at radius 2 is 1.73 bits per heavy atom. The highest BCUT2D eigenvalue weighted by Gasteiger charge is 2.33. The second-order valence-electron chi connectivity index (χ2n) is 6.62. The molecule has 0 saturated carbocycles. The number of amides is 1. The van der Waals surface area contributed by atoms with Gasteiger partial charge in [0.25, 0.3) is 0 Å². The fourth-order valence-corrected chi connectivity index (χ4v) is 2.13. The van der Waals surface area contributed by atoms with Crippen LogP contribution in [-0.2, 0) is 25.4 Å². The predicted octanol–water partition coefficient (Wildman–Crippen LogP) is 2.51. The number of carbonyl (C=O) groups is 2. The Morgan fingerprint density at radius 3 is 2.19 bits per heavy atom. The van der Waals surface area contributed by atoms with Crippen LogP contribution in [0.4, 0.5) is 4.79 Å². The maximum Gasteiger partial charge on any atom is 0.412 e. The first-order valence-corrected chi connectivity index (χ1v) is 8.10. The number of hydrogen-bond donors (Lipinski definition) is 1. The van der Waals surface area contributed by atoms with Gasteiger partial charge >= 0.3 is 12.1 Å². The van der Waals surface area contributed by atoms with Crippen LogP contribution in [0.2, 0.25) is 0 Å². The molecular weight excluding hydrogens is 342 g/mol. The van der Waals surface area contributed by atoms with Gasteiger partial charge in [0.05, 0.1) is 0 Å². The molecule has 1 rings (SSSR count). The molecule has 0 saturated heterocycles. The van der Waals surface area contributed by atoms with Gasteiger partial charge in [0.1, 0.15) is 24.1 Å². The molecule has 0 heterocycles. The number of benzene rings is 1. The van der Waals surface area contributed by atoms with Crippen molar-refractivity contribution in [1.29, 1.82) is 0 Å². The molecule has 0 bridgehead atoms. The molecule has 1 amide bonds. The van der Waals surface area contributed by atoms with E-state index in [-0.39, 0.29) is 19.9 Å². The summed E-state index contributed by atoms with van der Waals surface area (Å²) in [5.74, 6) is -0.545. The molecule has 0 fully saturated rings. The Labute approximate surface area is 153 Å². The van der Waals surface area contributed by atoms with Crippen molar-refractivity contribution in [3.05, 3.63) is 29.8 Å². The van der Waals surface area contributed by atoms with Crippen LogP contribution in [0, 0.1) is 0 Å². The minimum absolute atomic E-state index is 0.0997. The lowest BCUT2D eigenvalue weighted by Crippen LogP contribution is -2.49. The first kappa shape index (κ1) is 21.7. The summed E-state index contributed by atoms with van der Waals surface area (Å²) in [6, 6.07) is 5.76. The largest absolute Gasteiger partial charge is 0.480 e. The van der Waals surface area contributed by atoms with Crippen LogP contribution < -0.4 is 4.74 Å². The molecule has 0 radical (unpaired) electrons. The molecule has 0 aromatic heterocycles. The van der Waals surface area contributed by atoms with Crippen molar-refractivity contribution in [2.45, 2.75) is 38.8 Å². The molecule has 1 aromatic rings. The highest BCUT2D eigenvalue weighted by molar-refractivity contribution is 5.80. The van der Waals surface area contributed by atoms with Crippen molar-refractivity contribution < 1.29 is 33.6 Å². The van der Waals surface area contributed by atoms with E-state index in [1.807, 2.05) is 0 Å². The van der Waals surface area contributed by atoms with Gasteiger partial charge in [-0.3, -0.25) is 4.90 Å².